The van der Waals surface area contributed by atoms with Crippen molar-refractivity contribution in [2.24, 2.45) is 0 Å². The summed E-state index contributed by atoms with van der Waals surface area (Å²) < 4.78 is 0. The smallest absolute Gasteiger partial charge is 0.0771 e. The third-order valence-corrected chi connectivity index (χ3v) is 4.75. The minimum Gasteiger partial charge on any atom is -0.389 e. The van der Waals surface area contributed by atoms with Gasteiger partial charge >= 0.3 is 0 Å². The van der Waals surface area contributed by atoms with Gasteiger partial charge < -0.3 is 10.4 Å². The molecule has 0 amide bonds. The maximum absolute atomic E-state index is 10.6. The summed E-state index contributed by atoms with van der Waals surface area (Å²) >= 11 is 0. The van der Waals surface area contributed by atoms with Crippen LogP contribution in [0.1, 0.15) is 56.4 Å². The fraction of sp³-hybridized carbons (Fsp3) is 0.647. The number of rotatable bonds is 4. The maximum atomic E-state index is 10.6. The van der Waals surface area contributed by atoms with Crippen LogP contribution >= 0.6 is 0 Å². The summed E-state index contributed by atoms with van der Waals surface area (Å²) in [5.74, 6) is 0.663. The van der Waals surface area contributed by atoms with Crippen molar-refractivity contribution < 1.29 is 5.11 Å². The van der Waals surface area contributed by atoms with E-state index in [1.165, 1.54) is 37.7 Å². The molecule has 2 N–H and O–H groups in total. The first-order valence-electron chi connectivity index (χ1n) is 7.78. The van der Waals surface area contributed by atoms with E-state index in [0.717, 1.165) is 19.4 Å². The molecule has 0 bridgehead atoms. The predicted octanol–water partition coefficient (Wildman–Crippen LogP) is 3.22. The molecule has 2 heteroatoms. The van der Waals surface area contributed by atoms with Crippen LogP contribution in [-0.2, 0) is 0 Å². The molecule has 2 fully saturated rings. The van der Waals surface area contributed by atoms with Crippen LogP contribution in [0, 0.1) is 0 Å². The van der Waals surface area contributed by atoms with Gasteiger partial charge in [0, 0.05) is 18.5 Å². The molecule has 2 atom stereocenters. The van der Waals surface area contributed by atoms with Crippen LogP contribution in [0.15, 0.2) is 30.3 Å². The Morgan fingerprint density at radius 3 is 2.42 bits per heavy atom. The Morgan fingerprint density at radius 2 is 1.74 bits per heavy atom. The molecule has 1 aromatic carbocycles. The fourth-order valence-corrected chi connectivity index (χ4v) is 3.37. The Morgan fingerprint density at radius 1 is 1.05 bits per heavy atom. The van der Waals surface area contributed by atoms with Crippen molar-refractivity contribution in [3.05, 3.63) is 35.9 Å². The van der Waals surface area contributed by atoms with Crippen LogP contribution in [0.2, 0.25) is 0 Å². The second kappa shape index (κ2) is 5.64. The standard InChI is InChI=1S/C17H25NO/c19-17(10-6-1-2-7-11-17)13-18-16-12-15(16)14-8-4-3-5-9-14/h3-5,8-9,15-16,18-19H,1-2,6-7,10-13H2. The van der Waals surface area contributed by atoms with Crippen molar-refractivity contribution in [3.8, 4) is 0 Å². The maximum Gasteiger partial charge on any atom is 0.0771 e. The molecule has 2 aliphatic carbocycles. The Balaban J connectivity index is 1.48. The quantitative estimate of drug-likeness (QED) is 0.814. The summed E-state index contributed by atoms with van der Waals surface area (Å²) in [4.78, 5) is 0. The van der Waals surface area contributed by atoms with Gasteiger partial charge in [-0.05, 0) is 24.8 Å². The highest BCUT2D eigenvalue weighted by Crippen LogP contribution is 2.41. The normalized spacial score (nSPS) is 29.7. The largest absolute Gasteiger partial charge is 0.389 e. The minimum atomic E-state index is -0.444. The second-order valence-electron chi connectivity index (χ2n) is 6.38. The molecular weight excluding hydrogens is 234 g/mol. The highest BCUT2D eigenvalue weighted by molar-refractivity contribution is 5.27. The first-order valence-corrected chi connectivity index (χ1v) is 7.78. The van der Waals surface area contributed by atoms with Gasteiger partial charge in [0.2, 0.25) is 0 Å². The van der Waals surface area contributed by atoms with Crippen LogP contribution in [-0.4, -0.2) is 23.3 Å². The van der Waals surface area contributed by atoms with E-state index in [9.17, 15) is 5.11 Å². The molecule has 3 rings (SSSR count). The Hall–Kier alpha value is -0.860. The van der Waals surface area contributed by atoms with Gasteiger partial charge in [0.1, 0.15) is 0 Å². The Bertz CT molecular complexity index is 395. The van der Waals surface area contributed by atoms with Crippen molar-refractivity contribution in [2.75, 3.05) is 6.54 Å². The lowest BCUT2D eigenvalue weighted by atomic mass is 9.94. The average Bonchev–Trinajstić information content (AvgIpc) is 3.22. The number of hydrogen-bond donors (Lipinski definition) is 2. The van der Waals surface area contributed by atoms with E-state index in [0.29, 0.717) is 12.0 Å². The molecule has 104 valence electrons. The molecule has 0 aromatic heterocycles. The van der Waals surface area contributed by atoms with E-state index in [1.54, 1.807) is 0 Å². The van der Waals surface area contributed by atoms with Crippen LogP contribution in [0.4, 0.5) is 0 Å². The van der Waals surface area contributed by atoms with Gasteiger partial charge in [-0.3, -0.25) is 0 Å². The van der Waals surface area contributed by atoms with Gasteiger partial charge in [0.25, 0.3) is 0 Å². The van der Waals surface area contributed by atoms with E-state index in [1.807, 2.05) is 0 Å². The molecule has 0 radical (unpaired) electrons. The summed E-state index contributed by atoms with van der Waals surface area (Å²) in [6.45, 7) is 0.779. The van der Waals surface area contributed by atoms with Crippen molar-refractivity contribution in [2.45, 2.75) is 62.5 Å². The molecule has 0 saturated heterocycles. The van der Waals surface area contributed by atoms with E-state index >= 15 is 0 Å². The minimum absolute atomic E-state index is 0.444. The van der Waals surface area contributed by atoms with Crippen molar-refractivity contribution in [3.63, 3.8) is 0 Å². The first kappa shape index (κ1) is 13.1. The van der Waals surface area contributed by atoms with Gasteiger partial charge in [0.05, 0.1) is 5.60 Å². The van der Waals surface area contributed by atoms with E-state index < -0.39 is 5.60 Å². The summed E-state index contributed by atoms with van der Waals surface area (Å²) in [5.41, 5.74) is 0.994. The third-order valence-electron chi connectivity index (χ3n) is 4.75. The summed E-state index contributed by atoms with van der Waals surface area (Å²) in [7, 11) is 0. The summed E-state index contributed by atoms with van der Waals surface area (Å²) in [6, 6.07) is 11.3. The van der Waals surface area contributed by atoms with Crippen LogP contribution in [0.5, 0.6) is 0 Å². The van der Waals surface area contributed by atoms with Gasteiger partial charge in [-0.1, -0.05) is 56.0 Å². The van der Waals surface area contributed by atoms with E-state index in [2.05, 4.69) is 35.6 Å². The lowest BCUT2D eigenvalue weighted by Gasteiger charge is -2.27. The molecule has 0 spiro atoms. The average molecular weight is 259 g/mol. The zero-order chi connectivity index (χ0) is 13.1. The van der Waals surface area contributed by atoms with Gasteiger partial charge in [-0.25, -0.2) is 0 Å². The molecule has 0 heterocycles. The predicted molar refractivity (Wildman–Crippen MR) is 78.2 cm³/mol. The van der Waals surface area contributed by atoms with Crippen LogP contribution in [0.25, 0.3) is 0 Å². The third kappa shape index (κ3) is 3.37. The van der Waals surface area contributed by atoms with Gasteiger partial charge in [-0.2, -0.15) is 0 Å². The van der Waals surface area contributed by atoms with Crippen LogP contribution in [0.3, 0.4) is 0 Å². The molecule has 1 aromatic rings. The monoisotopic (exact) mass is 259 g/mol. The molecule has 2 unspecified atom stereocenters. The van der Waals surface area contributed by atoms with E-state index in [-0.39, 0.29) is 0 Å². The highest BCUT2D eigenvalue weighted by atomic mass is 16.3. The molecule has 2 saturated carbocycles. The number of benzene rings is 1. The lowest BCUT2D eigenvalue weighted by Crippen LogP contribution is -2.41. The van der Waals surface area contributed by atoms with Crippen molar-refractivity contribution in [1.82, 2.24) is 5.32 Å². The van der Waals surface area contributed by atoms with Gasteiger partial charge in [0.15, 0.2) is 0 Å². The van der Waals surface area contributed by atoms with Crippen molar-refractivity contribution >= 4 is 0 Å². The zero-order valence-corrected chi connectivity index (χ0v) is 11.6. The number of hydrogen-bond acceptors (Lipinski definition) is 2. The topological polar surface area (TPSA) is 32.3 Å². The van der Waals surface area contributed by atoms with E-state index in [4.69, 9.17) is 0 Å². The zero-order valence-electron chi connectivity index (χ0n) is 11.6. The lowest BCUT2D eigenvalue weighted by molar-refractivity contribution is 0.0249. The number of aliphatic hydroxyl groups is 1. The molecule has 0 aliphatic heterocycles. The SMILES string of the molecule is OC1(CNC2CC2c2ccccc2)CCCCCC1. The molecular formula is C17H25NO. The fourth-order valence-electron chi connectivity index (χ4n) is 3.37. The van der Waals surface area contributed by atoms with Gasteiger partial charge in [-0.15, -0.1) is 0 Å². The Labute approximate surface area is 116 Å². The van der Waals surface area contributed by atoms with Crippen molar-refractivity contribution in [1.29, 1.82) is 0 Å². The summed E-state index contributed by atoms with van der Waals surface area (Å²) in [6.07, 6.45) is 8.12. The molecule has 2 aliphatic rings. The summed E-state index contributed by atoms with van der Waals surface area (Å²) in [5, 5.41) is 14.2. The Kier molecular flexibility index (Phi) is 3.90. The highest BCUT2D eigenvalue weighted by Gasteiger charge is 2.39. The first-order chi connectivity index (χ1) is 9.27. The molecule has 19 heavy (non-hydrogen) atoms. The van der Waals surface area contributed by atoms with Crippen LogP contribution < -0.4 is 5.32 Å². The number of nitrogens with one attached hydrogen (secondary N) is 1. The second-order valence-corrected chi connectivity index (χ2v) is 6.38. The molecule has 2 nitrogen and oxygen atoms in total.